The SMILES string of the molecule is COc1ccc(N2CC3(C2)CN(c2cc(C(F)(F)F)ccn2)C3)cc1. The summed E-state index contributed by atoms with van der Waals surface area (Å²) in [7, 11) is 1.64. The van der Waals surface area contributed by atoms with Crippen LogP contribution in [-0.2, 0) is 6.18 Å². The van der Waals surface area contributed by atoms with Gasteiger partial charge in [0.1, 0.15) is 11.6 Å². The molecule has 0 bridgehead atoms. The number of anilines is 2. The summed E-state index contributed by atoms with van der Waals surface area (Å²) >= 11 is 0. The lowest BCUT2D eigenvalue weighted by atomic mass is 9.72. The van der Waals surface area contributed by atoms with E-state index in [1.54, 1.807) is 7.11 Å². The van der Waals surface area contributed by atoms with Crippen molar-refractivity contribution in [3.63, 3.8) is 0 Å². The topological polar surface area (TPSA) is 28.6 Å². The maximum absolute atomic E-state index is 12.8. The highest BCUT2D eigenvalue weighted by molar-refractivity contribution is 5.55. The number of rotatable bonds is 3. The van der Waals surface area contributed by atoms with Gasteiger partial charge in [-0.3, -0.25) is 0 Å². The molecule has 4 rings (SSSR count). The average Bonchev–Trinajstić information content (AvgIpc) is 2.52. The van der Waals surface area contributed by atoms with Crippen LogP contribution in [0.1, 0.15) is 5.56 Å². The summed E-state index contributed by atoms with van der Waals surface area (Å²) in [4.78, 5) is 8.28. The summed E-state index contributed by atoms with van der Waals surface area (Å²) in [5.74, 6) is 1.23. The second-order valence-corrected chi connectivity index (χ2v) is 6.81. The molecule has 1 aromatic carbocycles. The van der Waals surface area contributed by atoms with Crippen molar-refractivity contribution in [2.24, 2.45) is 5.41 Å². The van der Waals surface area contributed by atoms with Crippen molar-refractivity contribution in [1.82, 2.24) is 4.98 Å². The van der Waals surface area contributed by atoms with Gasteiger partial charge in [0, 0.05) is 43.5 Å². The Morgan fingerprint density at radius 3 is 2.24 bits per heavy atom. The molecule has 1 spiro atoms. The highest BCUT2D eigenvalue weighted by atomic mass is 19.4. The van der Waals surface area contributed by atoms with Crippen molar-refractivity contribution in [3.8, 4) is 5.75 Å². The van der Waals surface area contributed by atoms with Crippen LogP contribution in [0.2, 0.25) is 0 Å². The molecule has 3 heterocycles. The highest BCUT2D eigenvalue weighted by Gasteiger charge is 2.52. The Balaban J connectivity index is 1.37. The Kier molecular flexibility index (Phi) is 3.56. The van der Waals surface area contributed by atoms with Gasteiger partial charge in [0.15, 0.2) is 0 Å². The molecule has 2 saturated heterocycles. The van der Waals surface area contributed by atoms with Crippen LogP contribution in [0.25, 0.3) is 0 Å². The Morgan fingerprint density at radius 1 is 1.00 bits per heavy atom. The summed E-state index contributed by atoms with van der Waals surface area (Å²) in [6.07, 6.45) is -3.10. The second kappa shape index (κ2) is 5.54. The lowest BCUT2D eigenvalue weighted by Crippen LogP contribution is -2.72. The molecule has 2 aliphatic rings. The molecule has 0 saturated carbocycles. The monoisotopic (exact) mass is 349 g/mol. The second-order valence-electron chi connectivity index (χ2n) is 6.81. The molecule has 2 aliphatic heterocycles. The first-order valence-corrected chi connectivity index (χ1v) is 8.06. The number of ether oxygens (including phenoxy) is 1. The number of alkyl halides is 3. The molecule has 0 amide bonds. The minimum atomic E-state index is -4.33. The molecule has 1 aromatic heterocycles. The molecule has 0 unspecified atom stereocenters. The largest absolute Gasteiger partial charge is 0.497 e. The van der Waals surface area contributed by atoms with Crippen molar-refractivity contribution in [2.45, 2.75) is 6.18 Å². The Labute approximate surface area is 143 Å². The molecule has 2 aromatic rings. The van der Waals surface area contributed by atoms with Gasteiger partial charge in [-0.15, -0.1) is 0 Å². The van der Waals surface area contributed by atoms with E-state index in [0.717, 1.165) is 49.7 Å². The zero-order chi connectivity index (χ0) is 17.7. The molecule has 0 aliphatic carbocycles. The molecule has 7 heteroatoms. The number of nitrogens with zero attached hydrogens (tertiary/aromatic N) is 3. The maximum Gasteiger partial charge on any atom is 0.416 e. The van der Waals surface area contributed by atoms with Gasteiger partial charge < -0.3 is 14.5 Å². The predicted octanol–water partition coefficient (Wildman–Crippen LogP) is 3.44. The molecule has 25 heavy (non-hydrogen) atoms. The maximum atomic E-state index is 12.8. The molecule has 2 fully saturated rings. The van der Waals surface area contributed by atoms with E-state index >= 15 is 0 Å². The van der Waals surface area contributed by atoms with E-state index in [1.807, 2.05) is 29.2 Å². The first-order chi connectivity index (χ1) is 11.9. The number of pyridine rings is 1. The standard InChI is InChI=1S/C18H18F3N3O/c1-25-15-4-2-14(3-5-15)23-9-17(10-23)11-24(12-17)16-8-13(6-7-22-16)18(19,20)21/h2-8H,9-12H2,1H3. The van der Waals surface area contributed by atoms with Crippen LogP contribution >= 0.6 is 0 Å². The van der Waals surface area contributed by atoms with Gasteiger partial charge in [0.25, 0.3) is 0 Å². The van der Waals surface area contributed by atoms with E-state index in [9.17, 15) is 13.2 Å². The highest BCUT2D eigenvalue weighted by Crippen LogP contribution is 2.44. The summed E-state index contributed by atoms with van der Waals surface area (Å²) in [6, 6.07) is 10.0. The summed E-state index contributed by atoms with van der Waals surface area (Å²) in [5, 5.41) is 0. The predicted molar refractivity (Wildman–Crippen MR) is 89.1 cm³/mol. The molecule has 0 radical (unpaired) electrons. The number of hydrogen-bond acceptors (Lipinski definition) is 4. The van der Waals surface area contributed by atoms with E-state index < -0.39 is 11.7 Å². The third-order valence-electron chi connectivity index (χ3n) is 4.94. The quantitative estimate of drug-likeness (QED) is 0.849. The number of benzene rings is 1. The Bertz CT molecular complexity index is 762. The van der Waals surface area contributed by atoms with E-state index in [2.05, 4.69) is 9.88 Å². The molecule has 4 nitrogen and oxygen atoms in total. The first-order valence-electron chi connectivity index (χ1n) is 8.06. The van der Waals surface area contributed by atoms with Gasteiger partial charge in [-0.05, 0) is 36.4 Å². The lowest BCUT2D eigenvalue weighted by Gasteiger charge is -2.61. The van der Waals surface area contributed by atoms with Gasteiger partial charge in [-0.25, -0.2) is 4.98 Å². The van der Waals surface area contributed by atoms with Gasteiger partial charge >= 0.3 is 6.18 Å². The van der Waals surface area contributed by atoms with Gasteiger partial charge in [-0.1, -0.05) is 0 Å². The van der Waals surface area contributed by atoms with Crippen LogP contribution < -0.4 is 14.5 Å². The summed E-state index contributed by atoms with van der Waals surface area (Å²) in [6.45, 7) is 3.31. The smallest absolute Gasteiger partial charge is 0.416 e. The van der Waals surface area contributed by atoms with Crippen LogP contribution in [0.4, 0.5) is 24.7 Å². The van der Waals surface area contributed by atoms with E-state index in [-0.39, 0.29) is 5.41 Å². The Morgan fingerprint density at radius 2 is 1.64 bits per heavy atom. The van der Waals surface area contributed by atoms with Crippen molar-refractivity contribution >= 4 is 11.5 Å². The number of aromatic nitrogens is 1. The Hall–Kier alpha value is -2.44. The van der Waals surface area contributed by atoms with Crippen LogP contribution in [-0.4, -0.2) is 38.3 Å². The van der Waals surface area contributed by atoms with Crippen molar-refractivity contribution in [3.05, 3.63) is 48.2 Å². The van der Waals surface area contributed by atoms with Crippen LogP contribution in [0.15, 0.2) is 42.6 Å². The van der Waals surface area contributed by atoms with E-state index in [0.29, 0.717) is 5.82 Å². The molecule has 0 N–H and O–H groups in total. The summed E-state index contributed by atoms with van der Waals surface area (Å²) in [5.41, 5.74) is 0.657. The van der Waals surface area contributed by atoms with Crippen LogP contribution in [0, 0.1) is 5.41 Å². The van der Waals surface area contributed by atoms with Crippen molar-refractivity contribution in [1.29, 1.82) is 0 Å². The van der Waals surface area contributed by atoms with E-state index in [4.69, 9.17) is 4.74 Å². The molecular weight excluding hydrogens is 331 g/mol. The van der Waals surface area contributed by atoms with Crippen LogP contribution in [0.3, 0.4) is 0 Å². The van der Waals surface area contributed by atoms with Crippen molar-refractivity contribution in [2.75, 3.05) is 43.1 Å². The van der Waals surface area contributed by atoms with Gasteiger partial charge in [0.2, 0.25) is 0 Å². The van der Waals surface area contributed by atoms with Crippen molar-refractivity contribution < 1.29 is 17.9 Å². The molecule has 0 atom stereocenters. The minimum Gasteiger partial charge on any atom is -0.497 e. The average molecular weight is 349 g/mol. The van der Waals surface area contributed by atoms with Gasteiger partial charge in [0.05, 0.1) is 12.7 Å². The van der Waals surface area contributed by atoms with Crippen LogP contribution in [0.5, 0.6) is 5.75 Å². The zero-order valence-electron chi connectivity index (χ0n) is 13.8. The first kappa shape index (κ1) is 16.1. The third kappa shape index (κ3) is 2.88. The fourth-order valence-corrected chi connectivity index (χ4v) is 3.63. The molecule has 132 valence electrons. The van der Waals surface area contributed by atoms with Gasteiger partial charge in [-0.2, -0.15) is 13.2 Å². The zero-order valence-corrected chi connectivity index (χ0v) is 13.8. The summed E-state index contributed by atoms with van der Waals surface area (Å²) < 4.78 is 43.6. The number of halogens is 3. The fourth-order valence-electron chi connectivity index (χ4n) is 3.63. The third-order valence-corrected chi connectivity index (χ3v) is 4.94. The minimum absolute atomic E-state index is 0.163. The lowest BCUT2D eigenvalue weighted by molar-refractivity contribution is -0.137. The molecular formula is C18H18F3N3O. The normalized spacial score (nSPS) is 18.7. The fraction of sp³-hybridized carbons (Fsp3) is 0.389. The number of hydrogen-bond donors (Lipinski definition) is 0. The van der Waals surface area contributed by atoms with E-state index in [1.165, 1.54) is 6.20 Å². The number of methoxy groups -OCH3 is 1.